The van der Waals surface area contributed by atoms with Gasteiger partial charge in [-0.2, -0.15) is 0 Å². The molecule has 16 heavy (non-hydrogen) atoms. The molecule has 0 saturated heterocycles. The molecule has 90 valence electrons. The molecule has 0 aliphatic rings. The fourth-order valence-corrected chi connectivity index (χ4v) is 2.00. The monoisotopic (exact) mass is 241 g/mol. The Morgan fingerprint density at radius 1 is 1.56 bits per heavy atom. The summed E-state index contributed by atoms with van der Waals surface area (Å²) in [6.45, 7) is 6.97. The Morgan fingerprint density at radius 3 is 2.88 bits per heavy atom. The van der Waals surface area contributed by atoms with Crippen LogP contribution < -0.4 is 10.6 Å². The Bertz CT molecular complexity index is 336. The lowest BCUT2D eigenvalue weighted by Crippen LogP contribution is -2.29. The van der Waals surface area contributed by atoms with Gasteiger partial charge in [-0.15, -0.1) is 11.3 Å². The van der Waals surface area contributed by atoms with Crippen LogP contribution in [0.5, 0.6) is 0 Å². The van der Waals surface area contributed by atoms with Crippen LogP contribution in [-0.2, 0) is 0 Å². The second-order valence-corrected chi connectivity index (χ2v) is 4.82. The van der Waals surface area contributed by atoms with E-state index in [-0.39, 0.29) is 6.03 Å². The van der Waals surface area contributed by atoms with Gasteiger partial charge in [0, 0.05) is 11.9 Å². The van der Waals surface area contributed by atoms with E-state index in [0.717, 1.165) is 18.5 Å². The number of carbonyl (C=O) groups excluding carboxylic acids is 1. The Hall–Kier alpha value is -1.10. The van der Waals surface area contributed by atoms with Crippen LogP contribution in [0.3, 0.4) is 0 Å². The van der Waals surface area contributed by atoms with Crippen molar-refractivity contribution < 1.29 is 4.79 Å². The highest BCUT2D eigenvalue weighted by atomic mass is 32.1. The van der Waals surface area contributed by atoms with Crippen molar-refractivity contribution in [3.63, 3.8) is 0 Å². The summed E-state index contributed by atoms with van der Waals surface area (Å²) >= 11 is 1.46. The number of urea groups is 1. The Balaban J connectivity index is 2.37. The minimum Gasteiger partial charge on any atom is -0.338 e. The lowest BCUT2D eigenvalue weighted by Gasteiger charge is -2.04. The summed E-state index contributed by atoms with van der Waals surface area (Å²) in [6.07, 6.45) is 2.08. The standard InChI is InChI=1S/C11H19N3OS/c1-4-5-6-12-10(15)14-11-13-9(7-16-11)8(2)3/h7-8H,4-6H2,1-3H3,(H2,12,13,14,15). The zero-order valence-corrected chi connectivity index (χ0v) is 10.9. The molecular weight excluding hydrogens is 222 g/mol. The highest BCUT2D eigenvalue weighted by Gasteiger charge is 2.07. The molecule has 1 aromatic heterocycles. The van der Waals surface area contributed by atoms with Crippen molar-refractivity contribution in [2.45, 2.75) is 39.5 Å². The minimum absolute atomic E-state index is 0.168. The van der Waals surface area contributed by atoms with E-state index in [1.165, 1.54) is 11.3 Å². The number of aromatic nitrogens is 1. The average molecular weight is 241 g/mol. The summed E-state index contributed by atoms with van der Waals surface area (Å²) < 4.78 is 0. The van der Waals surface area contributed by atoms with Gasteiger partial charge in [-0.25, -0.2) is 9.78 Å². The lowest BCUT2D eigenvalue weighted by molar-refractivity contribution is 0.252. The molecule has 0 aliphatic heterocycles. The summed E-state index contributed by atoms with van der Waals surface area (Å²) in [5.74, 6) is 0.398. The van der Waals surface area contributed by atoms with Crippen LogP contribution in [0.25, 0.3) is 0 Å². The second kappa shape index (κ2) is 6.48. The number of rotatable bonds is 5. The molecule has 5 heteroatoms. The molecule has 0 saturated carbocycles. The summed E-state index contributed by atoms with van der Waals surface area (Å²) in [6, 6.07) is -0.168. The smallest absolute Gasteiger partial charge is 0.321 e. The summed E-state index contributed by atoms with van der Waals surface area (Å²) in [5, 5.41) is 8.16. The first kappa shape index (κ1) is 13.0. The molecule has 1 aromatic rings. The third kappa shape index (κ3) is 4.18. The molecule has 0 aliphatic carbocycles. The van der Waals surface area contributed by atoms with E-state index in [0.29, 0.717) is 17.6 Å². The predicted octanol–water partition coefficient (Wildman–Crippen LogP) is 3.19. The third-order valence-corrected chi connectivity index (χ3v) is 2.93. The van der Waals surface area contributed by atoms with E-state index >= 15 is 0 Å². The fourth-order valence-electron chi connectivity index (χ4n) is 1.13. The Labute approximate surface area is 100 Å². The molecule has 2 amide bonds. The van der Waals surface area contributed by atoms with E-state index in [9.17, 15) is 4.79 Å². The lowest BCUT2D eigenvalue weighted by atomic mass is 10.2. The number of amides is 2. The van der Waals surface area contributed by atoms with E-state index < -0.39 is 0 Å². The zero-order valence-electron chi connectivity index (χ0n) is 10.0. The molecule has 0 unspecified atom stereocenters. The van der Waals surface area contributed by atoms with Gasteiger partial charge in [0.15, 0.2) is 5.13 Å². The molecule has 0 radical (unpaired) electrons. The zero-order chi connectivity index (χ0) is 12.0. The van der Waals surface area contributed by atoms with Crippen molar-refractivity contribution in [2.75, 3.05) is 11.9 Å². The molecule has 0 spiro atoms. The molecule has 0 bridgehead atoms. The molecule has 0 aromatic carbocycles. The van der Waals surface area contributed by atoms with Crippen molar-refractivity contribution in [3.8, 4) is 0 Å². The van der Waals surface area contributed by atoms with Gasteiger partial charge in [0.2, 0.25) is 0 Å². The number of nitrogens with one attached hydrogen (secondary N) is 2. The molecule has 0 fully saturated rings. The number of hydrogen-bond donors (Lipinski definition) is 2. The maximum Gasteiger partial charge on any atom is 0.321 e. The van der Waals surface area contributed by atoms with Gasteiger partial charge in [-0.3, -0.25) is 5.32 Å². The Kier molecular flexibility index (Phi) is 5.25. The van der Waals surface area contributed by atoms with Gasteiger partial charge in [0.1, 0.15) is 0 Å². The quantitative estimate of drug-likeness (QED) is 0.778. The van der Waals surface area contributed by atoms with Crippen LogP contribution in [0.15, 0.2) is 5.38 Å². The molecule has 1 rings (SSSR count). The second-order valence-electron chi connectivity index (χ2n) is 3.97. The van der Waals surface area contributed by atoms with Crippen LogP contribution in [0, 0.1) is 0 Å². The maximum absolute atomic E-state index is 11.4. The number of hydrogen-bond acceptors (Lipinski definition) is 3. The first-order valence-electron chi connectivity index (χ1n) is 5.63. The van der Waals surface area contributed by atoms with E-state index in [4.69, 9.17) is 0 Å². The molecular formula is C11H19N3OS. The van der Waals surface area contributed by atoms with Gasteiger partial charge in [0.25, 0.3) is 0 Å². The Morgan fingerprint density at radius 2 is 2.31 bits per heavy atom. The molecule has 4 nitrogen and oxygen atoms in total. The predicted molar refractivity (Wildman–Crippen MR) is 68.1 cm³/mol. The van der Waals surface area contributed by atoms with Gasteiger partial charge in [-0.05, 0) is 12.3 Å². The average Bonchev–Trinajstić information content (AvgIpc) is 2.66. The SMILES string of the molecule is CCCCNC(=O)Nc1nc(C(C)C)cs1. The summed E-state index contributed by atoms with van der Waals surface area (Å²) in [5.41, 5.74) is 1.02. The van der Waals surface area contributed by atoms with Gasteiger partial charge < -0.3 is 5.32 Å². The van der Waals surface area contributed by atoms with Crippen LogP contribution in [0.1, 0.15) is 45.2 Å². The molecule has 0 atom stereocenters. The van der Waals surface area contributed by atoms with Crippen molar-refractivity contribution in [3.05, 3.63) is 11.1 Å². The summed E-state index contributed by atoms with van der Waals surface area (Å²) in [7, 11) is 0. The number of anilines is 1. The minimum atomic E-state index is -0.168. The van der Waals surface area contributed by atoms with Gasteiger partial charge >= 0.3 is 6.03 Å². The topological polar surface area (TPSA) is 54.0 Å². The van der Waals surface area contributed by atoms with Crippen LogP contribution >= 0.6 is 11.3 Å². The van der Waals surface area contributed by atoms with Gasteiger partial charge in [0.05, 0.1) is 5.69 Å². The van der Waals surface area contributed by atoms with E-state index in [1.807, 2.05) is 5.38 Å². The highest BCUT2D eigenvalue weighted by molar-refractivity contribution is 7.13. The number of thiazole rings is 1. The fraction of sp³-hybridized carbons (Fsp3) is 0.636. The third-order valence-electron chi connectivity index (χ3n) is 2.15. The van der Waals surface area contributed by atoms with Crippen molar-refractivity contribution in [1.82, 2.24) is 10.3 Å². The van der Waals surface area contributed by atoms with Crippen LogP contribution in [0.2, 0.25) is 0 Å². The number of carbonyl (C=O) groups is 1. The van der Waals surface area contributed by atoms with E-state index in [1.54, 1.807) is 0 Å². The maximum atomic E-state index is 11.4. The van der Waals surface area contributed by atoms with E-state index in [2.05, 4.69) is 36.4 Å². The number of unbranched alkanes of at least 4 members (excludes halogenated alkanes) is 1. The first-order chi connectivity index (χ1) is 7.63. The van der Waals surface area contributed by atoms with Crippen LogP contribution in [0.4, 0.5) is 9.93 Å². The summed E-state index contributed by atoms with van der Waals surface area (Å²) in [4.78, 5) is 15.7. The van der Waals surface area contributed by atoms with Gasteiger partial charge in [-0.1, -0.05) is 27.2 Å². The number of nitrogens with zero attached hydrogens (tertiary/aromatic N) is 1. The first-order valence-corrected chi connectivity index (χ1v) is 6.51. The van der Waals surface area contributed by atoms with Crippen molar-refractivity contribution in [2.24, 2.45) is 0 Å². The normalized spacial score (nSPS) is 10.5. The van der Waals surface area contributed by atoms with Crippen molar-refractivity contribution in [1.29, 1.82) is 0 Å². The highest BCUT2D eigenvalue weighted by Crippen LogP contribution is 2.21. The molecule has 1 heterocycles. The van der Waals surface area contributed by atoms with Crippen molar-refractivity contribution >= 4 is 22.5 Å². The largest absolute Gasteiger partial charge is 0.338 e. The van der Waals surface area contributed by atoms with Crippen LogP contribution in [-0.4, -0.2) is 17.6 Å². The molecule has 2 N–H and O–H groups in total.